The number of halogens is 2. The highest BCUT2D eigenvalue weighted by Gasteiger charge is 2.07. The maximum absolute atomic E-state index is 7.41. The van der Waals surface area contributed by atoms with Gasteiger partial charge in [0.05, 0.1) is 6.26 Å². The zero-order chi connectivity index (χ0) is 16.4. The molecule has 0 aliphatic heterocycles. The van der Waals surface area contributed by atoms with Gasteiger partial charge in [0.2, 0.25) is 0 Å². The van der Waals surface area contributed by atoms with Crippen molar-refractivity contribution in [1.29, 1.82) is 10.8 Å². The maximum atomic E-state index is 7.41. The molecule has 0 fully saturated rings. The molecule has 25 heavy (non-hydrogen) atoms. The molecule has 0 aliphatic rings. The highest BCUT2D eigenvalue weighted by atomic mass is 35.5. The number of benzene rings is 2. The molecule has 0 atom stereocenters. The molecular weight excluding hydrogens is 359 g/mol. The number of nitrogens with two attached hydrogens (primary N) is 2. The Morgan fingerprint density at radius 3 is 1.56 bits per heavy atom. The fourth-order valence-corrected chi connectivity index (χ4v) is 2.30. The van der Waals surface area contributed by atoms with Crippen LogP contribution >= 0.6 is 24.8 Å². The first-order valence-electron chi connectivity index (χ1n) is 7.03. The highest BCUT2D eigenvalue weighted by Crippen LogP contribution is 2.28. The van der Waals surface area contributed by atoms with Gasteiger partial charge in [-0.25, -0.2) is 0 Å². The molecular formula is C18H18Cl2N4O. The molecule has 3 aromatic rings. The molecule has 0 unspecified atom stereocenters. The van der Waals surface area contributed by atoms with Crippen molar-refractivity contribution in [2.45, 2.75) is 0 Å². The summed E-state index contributed by atoms with van der Waals surface area (Å²) in [7, 11) is 0. The fraction of sp³-hybridized carbons (Fsp3) is 0. The van der Waals surface area contributed by atoms with Crippen LogP contribution in [0.15, 0.2) is 65.3 Å². The van der Waals surface area contributed by atoms with Gasteiger partial charge in [-0.2, -0.15) is 0 Å². The summed E-state index contributed by atoms with van der Waals surface area (Å²) in [4.78, 5) is 0. The third kappa shape index (κ3) is 4.41. The minimum Gasteiger partial charge on any atom is -0.464 e. The molecule has 1 heterocycles. The van der Waals surface area contributed by atoms with Gasteiger partial charge in [0, 0.05) is 22.3 Å². The first kappa shape index (κ1) is 20.3. The van der Waals surface area contributed by atoms with Crippen molar-refractivity contribution in [3.63, 3.8) is 0 Å². The van der Waals surface area contributed by atoms with Crippen LogP contribution in [0.25, 0.3) is 22.5 Å². The van der Waals surface area contributed by atoms with Crippen molar-refractivity contribution in [2.24, 2.45) is 11.5 Å². The van der Waals surface area contributed by atoms with E-state index in [1.807, 2.05) is 42.5 Å². The lowest BCUT2D eigenvalue weighted by atomic mass is 10.0. The summed E-state index contributed by atoms with van der Waals surface area (Å²) >= 11 is 0. The normalized spacial score (nSPS) is 9.60. The van der Waals surface area contributed by atoms with Crippen molar-refractivity contribution in [3.8, 4) is 22.5 Å². The highest BCUT2D eigenvalue weighted by molar-refractivity contribution is 5.96. The Labute approximate surface area is 157 Å². The van der Waals surface area contributed by atoms with Crippen LogP contribution in [0.1, 0.15) is 11.1 Å². The Morgan fingerprint density at radius 2 is 1.12 bits per heavy atom. The van der Waals surface area contributed by atoms with Crippen molar-refractivity contribution >= 4 is 36.5 Å². The monoisotopic (exact) mass is 376 g/mol. The van der Waals surface area contributed by atoms with Crippen LogP contribution in [0.2, 0.25) is 0 Å². The molecule has 6 N–H and O–H groups in total. The predicted molar refractivity (Wildman–Crippen MR) is 106 cm³/mol. The summed E-state index contributed by atoms with van der Waals surface area (Å²) in [6.45, 7) is 0. The smallest absolute Gasteiger partial charge is 0.134 e. The number of furan rings is 1. The van der Waals surface area contributed by atoms with E-state index in [2.05, 4.69) is 0 Å². The summed E-state index contributed by atoms with van der Waals surface area (Å²) in [6, 6.07) is 16.7. The summed E-state index contributed by atoms with van der Waals surface area (Å²) in [5.74, 6) is 0.836. The van der Waals surface area contributed by atoms with Crippen LogP contribution in [0.4, 0.5) is 0 Å². The van der Waals surface area contributed by atoms with E-state index in [-0.39, 0.29) is 36.5 Å². The first-order valence-corrected chi connectivity index (χ1v) is 7.03. The molecule has 0 amide bonds. The van der Waals surface area contributed by atoms with Gasteiger partial charge < -0.3 is 15.9 Å². The van der Waals surface area contributed by atoms with Crippen LogP contribution < -0.4 is 11.5 Å². The first-order chi connectivity index (χ1) is 11.0. The SMILES string of the molecule is Cl.Cl.N=C(N)c1ccc(-c2coc(-c3ccc(C(=N)N)cc3)c2)cc1. The third-order valence-corrected chi connectivity index (χ3v) is 3.61. The second kappa shape index (κ2) is 8.37. The van der Waals surface area contributed by atoms with Crippen LogP contribution in [0, 0.1) is 10.8 Å². The average Bonchev–Trinajstić information content (AvgIpc) is 3.05. The summed E-state index contributed by atoms with van der Waals surface area (Å²) in [6.07, 6.45) is 1.69. The van der Waals surface area contributed by atoms with Crippen LogP contribution in [-0.2, 0) is 0 Å². The zero-order valence-electron chi connectivity index (χ0n) is 13.2. The van der Waals surface area contributed by atoms with E-state index in [0.29, 0.717) is 11.1 Å². The maximum Gasteiger partial charge on any atom is 0.134 e. The Kier molecular flexibility index (Phi) is 6.79. The molecule has 5 nitrogen and oxygen atoms in total. The lowest BCUT2D eigenvalue weighted by Gasteiger charge is -2.00. The molecule has 1 aromatic heterocycles. The Balaban J connectivity index is 0.00000156. The molecule has 130 valence electrons. The predicted octanol–water partition coefficient (Wildman–Crippen LogP) is 4.03. The minimum absolute atomic E-state index is 0. The van der Waals surface area contributed by atoms with Gasteiger partial charge in [-0.1, -0.05) is 48.5 Å². The van der Waals surface area contributed by atoms with Crippen LogP contribution in [0.5, 0.6) is 0 Å². The molecule has 0 bridgehead atoms. The Hall–Kier alpha value is -2.76. The molecule has 0 radical (unpaired) electrons. The second-order valence-corrected chi connectivity index (χ2v) is 5.18. The Bertz CT molecular complexity index is 799. The molecule has 2 aromatic carbocycles. The van der Waals surface area contributed by atoms with Gasteiger partial charge in [0.25, 0.3) is 0 Å². The summed E-state index contributed by atoms with van der Waals surface area (Å²) < 4.78 is 5.63. The standard InChI is InChI=1S/C18H16N4O.2ClH/c19-17(20)13-5-1-11(2-6-13)15-9-16(23-10-15)12-3-7-14(8-4-12)18(21)22;;/h1-10H,(H3,19,20)(H3,21,22);2*1H. The van der Waals surface area contributed by atoms with E-state index < -0.39 is 0 Å². The van der Waals surface area contributed by atoms with Gasteiger partial charge in [-0.05, 0) is 11.6 Å². The number of rotatable bonds is 4. The van der Waals surface area contributed by atoms with Crippen molar-refractivity contribution < 1.29 is 4.42 Å². The second-order valence-electron chi connectivity index (χ2n) is 5.18. The van der Waals surface area contributed by atoms with Gasteiger partial charge in [0.15, 0.2) is 0 Å². The van der Waals surface area contributed by atoms with E-state index in [9.17, 15) is 0 Å². The van der Waals surface area contributed by atoms with E-state index in [4.69, 9.17) is 26.7 Å². The van der Waals surface area contributed by atoms with E-state index in [1.165, 1.54) is 0 Å². The van der Waals surface area contributed by atoms with Gasteiger partial charge >= 0.3 is 0 Å². The quantitative estimate of drug-likeness (QED) is 0.407. The summed E-state index contributed by atoms with van der Waals surface area (Å²) in [5, 5.41) is 14.8. The van der Waals surface area contributed by atoms with E-state index in [0.717, 1.165) is 22.5 Å². The zero-order valence-corrected chi connectivity index (χ0v) is 14.8. The Morgan fingerprint density at radius 1 is 0.680 bits per heavy atom. The molecule has 0 aliphatic carbocycles. The number of hydrogen-bond donors (Lipinski definition) is 4. The lowest BCUT2D eigenvalue weighted by molar-refractivity contribution is 0.583. The molecule has 0 saturated heterocycles. The largest absolute Gasteiger partial charge is 0.464 e. The number of nitrogen functional groups attached to an aromatic ring is 2. The van der Waals surface area contributed by atoms with Crippen LogP contribution in [0.3, 0.4) is 0 Å². The molecule has 7 heteroatoms. The topological polar surface area (TPSA) is 113 Å². The van der Waals surface area contributed by atoms with Gasteiger partial charge in [-0.3, -0.25) is 10.8 Å². The van der Waals surface area contributed by atoms with E-state index >= 15 is 0 Å². The number of hydrogen-bond acceptors (Lipinski definition) is 3. The van der Waals surface area contributed by atoms with Crippen LogP contribution in [-0.4, -0.2) is 11.7 Å². The molecule has 0 saturated carbocycles. The lowest BCUT2D eigenvalue weighted by Crippen LogP contribution is -2.10. The molecule has 3 rings (SSSR count). The van der Waals surface area contributed by atoms with Crippen molar-refractivity contribution in [1.82, 2.24) is 0 Å². The summed E-state index contributed by atoms with van der Waals surface area (Å²) in [5.41, 5.74) is 15.1. The number of amidine groups is 2. The van der Waals surface area contributed by atoms with Gasteiger partial charge in [-0.15, -0.1) is 24.8 Å². The minimum atomic E-state index is 0. The van der Waals surface area contributed by atoms with Crippen molar-refractivity contribution in [3.05, 3.63) is 72.0 Å². The third-order valence-electron chi connectivity index (χ3n) is 3.61. The molecule has 0 spiro atoms. The number of nitrogens with one attached hydrogen (secondary N) is 2. The van der Waals surface area contributed by atoms with E-state index in [1.54, 1.807) is 18.4 Å². The van der Waals surface area contributed by atoms with Crippen molar-refractivity contribution in [2.75, 3.05) is 0 Å². The average molecular weight is 377 g/mol. The fourth-order valence-electron chi connectivity index (χ4n) is 2.30. The van der Waals surface area contributed by atoms with Gasteiger partial charge in [0.1, 0.15) is 17.4 Å².